The maximum absolute atomic E-state index is 13.8. The predicted molar refractivity (Wildman–Crippen MR) is 132 cm³/mol. The SMILES string of the molecule is O=C(NC1CCCCC1)C(c1ccc(F)cc1)N(C(=O)Cc1ccsc1)c1ccc2c(c1)OCO2. The number of carbonyl (C=O) groups is 2. The molecule has 0 radical (unpaired) electrons. The van der Waals surface area contributed by atoms with Gasteiger partial charge in [-0.2, -0.15) is 11.3 Å². The van der Waals surface area contributed by atoms with Crippen molar-refractivity contribution in [3.63, 3.8) is 0 Å². The Bertz CT molecular complexity index is 1180. The number of nitrogens with one attached hydrogen (secondary N) is 1. The van der Waals surface area contributed by atoms with E-state index < -0.39 is 11.9 Å². The van der Waals surface area contributed by atoms with Crippen LogP contribution in [0, 0.1) is 5.82 Å². The number of carbonyl (C=O) groups excluding carboxylic acids is 2. The summed E-state index contributed by atoms with van der Waals surface area (Å²) in [6.45, 7) is 0.102. The lowest BCUT2D eigenvalue weighted by Gasteiger charge is -2.33. The lowest BCUT2D eigenvalue weighted by molar-refractivity contribution is -0.127. The number of benzene rings is 2. The zero-order valence-electron chi connectivity index (χ0n) is 19.2. The van der Waals surface area contributed by atoms with Crippen LogP contribution >= 0.6 is 11.3 Å². The number of rotatable bonds is 7. The fourth-order valence-electron chi connectivity index (χ4n) is 4.71. The number of hydrogen-bond acceptors (Lipinski definition) is 5. The zero-order valence-corrected chi connectivity index (χ0v) is 20.1. The Balaban J connectivity index is 1.55. The van der Waals surface area contributed by atoms with Crippen molar-refractivity contribution in [2.45, 2.75) is 50.6 Å². The van der Waals surface area contributed by atoms with Gasteiger partial charge in [0, 0.05) is 17.8 Å². The number of thiophene rings is 1. The molecule has 0 saturated heterocycles. The Kier molecular flexibility index (Phi) is 6.99. The largest absolute Gasteiger partial charge is 0.454 e. The Hall–Kier alpha value is -3.39. The molecule has 0 bridgehead atoms. The average Bonchev–Trinajstić information content (AvgIpc) is 3.55. The minimum Gasteiger partial charge on any atom is -0.454 e. The van der Waals surface area contributed by atoms with E-state index in [-0.39, 0.29) is 31.1 Å². The summed E-state index contributed by atoms with van der Waals surface area (Å²) in [5.74, 6) is 0.181. The third kappa shape index (κ3) is 5.32. The van der Waals surface area contributed by atoms with Crippen LogP contribution in [0.25, 0.3) is 0 Å². The molecule has 3 aromatic rings. The summed E-state index contributed by atoms with van der Waals surface area (Å²) in [4.78, 5) is 29.1. The molecular formula is C27H27FN2O4S. The molecule has 2 aromatic carbocycles. The minimum atomic E-state index is -0.968. The lowest BCUT2D eigenvalue weighted by Crippen LogP contribution is -2.47. The van der Waals surface area contributed by atoms with Gasteiger partial charge in [-0.3, -0.25) is 14.5 Å². The Morgan fingerprint density at radius 3 is 2.54 bits per heavy atom. The van der Waals surface area contributed by atoms with Crippen LogP contribution in [0.4, 0.5) is 10.1 Å². The van der Waals surface area contributed by atoms with Gasteiger partial charge < -0.3 is 14.8 Å². The van der Waals surface area contributed by atoms with Gasteiger partial charge >= 0.3 is 0 Å². The molecule has 182 valence electrons. The summed E-state index contributed by atoms with van der Waals surface area (Å²) >= 11 is 1.51. The molecule has 2 heterocycles. The topological polar surface area (TPSA) is 67.9 Å². The summed E-state index contributed by atoms with van der Waals surface area (Å²) in [5, 5.41) is 7.01. The average molecular weight is 495 g/mol. The van der Waals surface area contributed by atoms with Crippen LogP contribution in [0.15, 0.2) is 59.3 Å². The summed E-state index contributed by atoms with van der Waals surface area (Å²) in [7, 11) is 0. The van der Waals surface area contributed by atoms with E-state index >= 15 is 0 Å². The van der Waals surface area contributed by atoms with Crippen LogP contribution in [0.3, 0.4) is 0 Å². The van der Waals surface area contributed by atoms with Crippen LogP contribution in [-0.2, 0) is 16.0 Å². The van der Waals surface area contributed by atoms with Gasteiger partial charge in [-0.05, 0) is 65.1 Å². The summed E-state index contributed by atoms with van der Waals surface area (Å²) in [6, 6.07) is 12.0. The van der Waals surface area contributed by atoms with E-state index in [1.165, 1.54) is 28.4 Å². The summed E-state index contributed by atoms with van der Waals surface area (Å²) in [5.41, 5.74) is 1.93. The van der Waals surface area contributed by atoms with Crippen LogP contribution < -0.4 is 19.7 Å². The summed E-state index contributed by atoms with van der Waals surface area (Å²) < 4.78 is 24.8. The number of ether oxygens (including phenoxy) is 2. The lowest BCUT2D eigenvalue weighted by atomic mass is 9.94. The highest BCUT2D eigenvalue weighted by molar-refractivity contribution is 7.08. The number of hydrogen-bond donors (Lipinski definition) is 1. The minimum absolute atomic E-state index is 0.0600. The highest BCUT2D eigenvalue weighted by atomic mass is 32.1. The molecule has 6 nitrogen and oxygen atoms in total. The van der Waals surface area contributed by atoms with Gasteiger partial charge in [0.05, 0.1) is 6.42 Å². The molecule has 2 amide bonds. The van der Waals surface area contributed by atoms with E-state index in [1.807, 2.05) is 16.8 Å². The molecule has 35 heavy (non-hydrogen) atoms. The third-order valence-corrected chi connectivity index (χ3v) is 7.21. The number of anilines is 1. The highest BCUT2D eigenvalue weighted by Crippen LogP contribution is 2.38. The molecule has 1 fully saturated rings. The molecule has 1 aliphatic carbocycles. The first-order valence-electron chi connectivity index (χ1n) is 11.9. The number of amides is 2. The second-order valence-corrected chi connectivity index (χ2v) is 9.69. The molecule has 2 aliphatic rings. The van der Waals surface area contributed by atoms with Crippen molar-refractivity contribution in [2.24, 2.45) is 0 Å². The van der Waals surface area contributed by atoms with Crippen LogP contribution in [0.2, 0.25) is 0 Å². The summed E-state index contributed by atoms with van der Waals surface area (Å²) in [6.07, 6.45) is 5.25. The van der Waals surface area contributed by atoms with Gasteiger partial charge in [0.1, 0.15) is 11.9 Å². The number of nitrogens with zero attached hydrogens (tertiary/aromatic N) is 1. The smallest absolute Gasteiger partial charge is 0.248 e. The first-order chi connectivity index (χ1) is 17.1. The van der Waals surface area contributed by atoms with E-state index in [4.69, 9.17) is 9.47 Å². The molecule has 1 saturated carbocycles. The monoisotopic (exact) mass is 494 g/mol. The quantitative estimate of drug-likeness (QED) is 0.479. The van der Waals surface area contributed by atoms with Crippen LogP contribution in [0.1, 0.15) is 49.3 Å². The normalized spacial score (nSPS) is 16.0. The molecule has 1 unspecified atom stereocenters. The zero-order chi connectivity index (χ0) is 24.2. The van der Waals surface area contributed by atoms with Gasteiger partial charge in [-0.1, -0.05) is 31.4 Å². The first kappa shape index (κ1) is 23.4. The Morgan fingerprint density at radius 1 is 1.03 bits per heavy atom. The third-order valence-electron chi connectivity index (χ3n) is 6.48. The van der Waals surface area contributed by atoms with E-state index in [0.29, 0.717) is 22.7 Å². The van der Waals surface area contributed by atoms with Gasteiger partial charge in [0.15, 0.2) is 11.5 Å². The van der Waals surface area contributed by atoms with Gasteiger partial charge in [-0.25, -0.2) is 4.39 Å². The van der Waals surface area contributed by atoms with E-state index in [9.17, 15) is 14.0 Å². The molecule has 8 heteroatoms. The van der Waals surface area contributed by atoms with Crippen molar-refractivity contribution in [3.8, 4) is 11.5 Å². The molecule has 1 aromatic heterocycles. The first-order valence-corrected chi connectivity index (χ1v) is 12.8. The van der Waals surface area contributed by atoms with Crippen molar-refractivity contribution >= 4 is 28.8 Å². The van der Waals surface area contributed by atoms with Gasteiger partial charge in [0.2, 0.25) is 18.6 Å². The van der Waals surface area contributed by atoms with Crippen molar-refractivity contribution in [2.75, 3.05) is 11.7 Å². The standard InChI is InChI=1S/C27H27FN2O4S/c28-20-8-6-19(7-9-20)26(27(32)29-21-4-2-1-3-5-21)30(25(31)14-18-12-13-35-16-18)22-10-11-23-24(15-22)34-17-33-23/h6-13,15-16,21,26H,1-5,14,17H2,(H,29,32). The fraction of sp³-hybridized carbons (Fsp3) is 0.333. The molecule has 0 spiro atoms. The van der Waals surface area contributed by atoms with Crippen LogP contribution in [-0.4, -0.2) is 24.6 Å². The molecule has 1 aliphatic heterocycles. The van der Waals surface area contributed by atoms with Gasteiger partial charge in [-0.15, -0.1) is 0 Å². The predicted octanol–water partition coefficient (Wildman–Crippen LogP) is 5.38. The van der Waals surface area contributed by atoms with Crippen molar-refractivity contribution in [1.29, 1.82) is 0 Å². The Morgan fingerprint density at radius 2 is 1.80 bits per heavy atom. The maximum Gasteiger partial charge on any atom is 0.248 e. The number of halogens is 1. The second-order valence-electron chi connectivity index (χ2n) is 8.91. The van der Waals surface area contributed by atoms with Crippen molar-refractivity contribution in [3.05, 3.63) is 76.2 Å². The van der Waals surface area contributed by atoms with Crippen LogP contribution in [0.5, 0.6) is 11.5 Å². The van der Waals surface area contributed by atoms with Gasteiger partial charge in [0.25, 0.3) is 0 Å². The van der Waals surface area contributed by atoms with Crippen molar-refractivity contribution < 1.29 is 23.5 Å². The fourth-order valence-corrected chi connectivity index (χ4v) is 5.38. The van der Waals surface area contributed by atoms with Crippen molar-refractivity contribution in [1.82, 2.24) is 5.32 Å². The molecule has 1 atom stereocenters. The van der Waals surface area contributed by atoms with E-state index in [0.717, 1.165) is 37.7 Å². The highest BCUT2D eigenvalue weighted by Gasteiger charge is 2.35. The van der Waals surface area contributed by atoms with E-state index in [1.54, 1.807) is 30.3 Å². The molecule has 1 N–H and O–H groups in total. The second kappa shape index (κ2) is 10.5. The Labute approximate surface area is 207 Å². The molecule has 5 rings (SSSR count). The molecular weight excluding hydrogens is 467 g/mol. The van der Waals surface area contributed by atoms with E-state index in [2.05, 4.69) is 5.32 Å². The number of fused-ring (bicyclic) bond motifs is 1. The maximum atomic E-state index is 13.8.